The van der Waals surface area contributed by atoms with E-state index in [1.54, 1.807) is 0 Å². The third-order valence-electron chi connectivity index (χ3n) is 4.41. The van der Waals surface area contributed by atoms with Crippen molar-refractivity contribution in [1.29, 1.82) is 5.41 Å². The number of hydrogen-bond donors (Lipinski definition) is 1. The first-order valence-electron chi connectivity index (χ1n) is 8.19. The molecule has 0 amide bonds. The molecule has 0 radical (unpaired) electrons. The van der Waals surface area contributed by atoms with E-state index in [9.17, 15) is 0 Å². The van der Waals surface area contributed by atoms with Crippen molar-refractivity contribution < 1.29 is 0 Å². The summed E-state index contributed by atoms with van der Waals surface area (Å²) in [6.45, 7) is 5.08. The van der Waals surface area contributed by atoms with E-state index >= 15 is 0 Å². The van der Waals surface area contributed by atoms with Crippen molar-refractivity contribution in [3.8, 4) is 0 Å². The van der Waals surface area contributed by atoms with Gasteiger partial charge in [-0.2, -0.15) is 0 Å². The van der Waals surface area contributed by atoms with Gasteiger partial charge in [-0.15, -0.1) is 0 Å². The smallest absolute Gasteiger partial charge is 0.0444 e. The van der Waals surface area contributed by atoms with E-state index in [1.807, 2.05) is 24.6 Å². The molecule has 0 aromatic heterocycles. The van der Waals surface area contributed by atoms with Crippen LogP contribution in [0.1, 0.15) is 35.4 Å². The molecule has 2 aliphatic rings. The lowest BCUT2D eigenvalue weighted by Gasteiger charge is -2.05. The zero-order valence-electron chi connectivity index (χ0n) is 13.8. The predicted octanol–water partition coefficient (Wildman–Crippen LogP) is 4.41. The maximum atomic E-state index is 7.72. The van der Waals surface area contributed by atoms with Crippen LogP contribution in [0.15, 0.2) is 52.1 Å². The molecule has 3 rings (SSSR count). The molecule has 1 aliphatic heterocycles. The Morgan fingerprint density at radius 2 is 2.04 bits per heavy atom. The van der Waals surface area contributed by atoms with Gasteiger partial charge in [-0.3, -0.25) is 9.98 Å². The molecule has 1 aromatic rings. The summed E-state index contributed by atoms with van der Waals surface area (Å²) in [6.07, 6.45) is 11.1. The molecule has 1 heterocycles. The fourth-order valence-corrected chi connectivity index (χ4v) is 3.21. The SMILES string of the molecule is Cc1cc(C)cc(C2CC2/C(C=N)=C/N=C2C=CC=NCC2)c1. The first-order valence-corrected chi connectivity index (χ1v) is 8.19. The van der Waals surface area contributed by atoms with Crippen molar-refractivity contribution in [2.45, 2.75) is 32.6 Å². The van der Waals surface area contributed by atoms with E-state index in [0.717, 1.165) is 30.7 Å². The lowest BCUT2D eigenvalue weighted by molar-refractivity contribution is 0.973. The average Bonchev–Trinajstić information content (AvgIpc) is 3.31. The molecule has 118 valence electrons. The van der Waals surface area contributed by atoms with Gasteiger partial charge in [0.05, 0.1) is 0 Å². The second kappa shape index (κ2) is 6.86. The number of aliphatic imine (C=N–C) groups is 2. The molecule has 1 aromatic carbocycles. The first-order chi connectivity index (χ1) is 11.2. The summed E-state index contributed by atoms with van der Waals surface area (Å²) in [5.41, 5.74) is 6.09. The van der Waals surface area contributed by atoms with Crippen molar-refractivity contribution in [2.75, 3.05) is 6.54 Å². The summed E-state index contributed by atoms with van der Waals surface area (Å²) >= 11 is 0. The summed E-state index contributed by atoms with van der Waals surface area (Å²) in [5.74, 6) is 0.971. The van der Waals surface area contributed by atoms with Crippen LogP contribution in [0.3, 0.4) is 0 Å². The summed E-state index contributed by atoms with van der Waals surface area (Å²) in [6, 6.07) is 6.76. The van der Waals surface area contributed by atoms with Gasteiger partial charge in [0.25, 0.3) is 0 Å². The number of allylic oxidation sites excluding steroid dienone is 3. The average molecular weight is 305 g/mol. The molecule has 1 aliphatic carbocycles. The van der Waals surface area contributed by atoms with Crippen LogP contribution in [-0.4, -0.2) is 24.7 Å². The molecular formula is C20H23N3. The molecule has 0 bridgehead atoms. The fourth-order valence-electron chi connectivity index (χ4n) is 3.21. The number of hydrogen-bond acceptors (Lipinski definition) is 3. The molecule has 0 saturated heterocycles. The maximum Gasteiger partial charge on any atom is 0.0444 e. The largest absolute Gasteiger partial charge is 0.308 e. The quantitative estimate of drug-likeness (QED) is 0.801. The van der Waals surface area contributed by atoms with Gasteiger partial charge in [0.2, 0.25) is 0 Å². The van der Waals surface area contributed by atoms with Crippen LogP contribution in [0.5, 0.6) is 0 Å². The molecule has 3 nitrogen and oxygen atoms in total. The number of nitrogens with one attached hydrogen (secondary N) is 1. The minimum Gasteiger partial charge on any atom is -0.308 e. The van der Waals surface area contributed by atoms with Crippen molar-refractivity contribution in [2.24, 2.45) is 15.9 Å². The fraction of sp³-hybridized carbons (Fsp3) is 0.350. The van der Waals surface area contributed by atoms with Crippen LogP contribution >= 0.6 is 0 Å². The Hall–Kier alpha value is -2.29. The van der Waals surface area contributed by atoms with Gasteiger partial charge in [0.15, 0.2) is 0 Å². The zero-order chi connectivity index (χ0) is 16.2. The van der Waals surface area contributed by atoms with Crippen molar-refractivity contribution >= 4 is 18.1 Å². The van der Waals surface area contributed by atoms with Gasteiger partial charge < -0.3 is 5.41 Å². The highest BCUT2D eigenvalue weighted by atomic mass is 14.7. The third-order valence-corrected chi connectivity index (χ3v) is 4.41. The van der Waals surface area contributed by atoms with Gasteiger partial charge in [-0.05, 0) is 55.4 Å². The minimum atomic E-state index is 0.434. The van der Waals surface area contributed by atoms with Crippen LogP contribution < -0.4 is 0 Å². The highest BCUT2D eigenvalue weighted by molar-refractivity contribution is 5.99. The maximum absolute atomic E-state index is 7.72. The van der Waals surface area contributed by atoms with E-state index in [-0.39, 0.29) is 0 Å². The Morgan fingerprint density at radius 3 is 2.78 bits per heavy atom. The van der Waals surface area contributed by atoms with Gasteiger partial charge in [-0.25, -0.2) is 0 Å². The predicted molar refractivity (Wildman–Crippen MR) is 98.2 cm³/mol. The standard InChI is InChI=1S/C20H23N3/c1-14-8-15(2)10-16(9-14)19-11-20(19)17(12-21)13-23-18-4-3-6-22-7-5-18/h3-4,6,8-10,12-13,19-21H,5,7,11H2,1-2H3/b17-13+,21-12?,23-18?. The zero-order valence-corrected chi connectivity index (χ0v) is 13.8. The van der Waals surface area contributed by atoms with Crippen LogP contribution in [0, 0.1) is 25.2 Å². The summed E-state index contributed by atoms with van der Waals surface area (Å²) in [4.78, 5) is 8.80. The molecule has 0 spiro atoms. The third kappa shape index (κ3) is 3.92. The summed E-state index contributed by atoms with van der Waals surface area (Å²) in [5, 5.41) is 7.72. The monoisotopic (exact) mass is 305 g/mol. The Labute approximate surface area is 138 Å². The number of benzene rings is 1. The molecule has 2 unspecified atom stereocenters. The topological polar surface area (TPSA) is 48.6 Å². The highest BCUT2D eigenvalue weighted by Crippen LogP contribution is 2.51. The van der Waals surface area contributed by atoms with E-state index in [2.05, 4.69) is 42.0 Å². The van der Waals surface area contributed by atoms with Crippen LogP contribution in [0.2, 0.25) is 0 Å². The molecule has 3 heteroatoms. The Balaban J connectivity index is 1.74. The van der Waals surface area contributed by atoms with E-state index in [1.165, 1.54) is 22.9 Å². The van der Waals surface area contributed by atoms with E-state index in [0.29, 0.717) is 11.8 Å². The highest BCUT2D eigenvalue weighted by Gasteiger charge is 2.40. The van der Waals surface area contributed by atoms with Crippen LogP contribution in [0.25, 0.3) is 0 Å². The molecule has 1 saturated carbocycles. The molecule has 23 heavy (non-hydrogen) atoms. The van der Waals surface area contributed by atoms with Gasteiger partial charge in [0, 0.05) is 37.3 Å². The molecule has 1 N–H and O–H groups in total. The van der Waals surface area contributed by atoms with Crippen molar-refractivity contribution in [1.82, 2.24) is 0 Å². The normalized spacial score (nSPS) is 25.5. The summed E-state index contributed by atoms with van der Waals surface area (Å²) in [7, 11) is 0. The lowest BCUT2D eigenvalue weighted by Crippen LogP contribution is -1.96. The van der Waals surface area contributed by atoms with Gasteiger partial charge in [-0.1, -0.05) is 29.3 Å². The van der Waals surface area contributed by atoms with Gasteiger partial charge >= 0.3 is 0 Å². The minimum absolute atomic E-state index is 0.434. The Bertz CT molecular complexity index is 702. The van der Waals surface area contributed by atoms with Crippen LogP contribution in [-0.2, 0) is 0 Å². The second-order valence-electron chi connectivity index (χ2n) is 6.43. The molecular weight excluding hydrogens is 282 g/mol. The summed E-state index contributed by atoms with van der Waals surface area (Å²) < 4.78 is 0. The number of rotatable bonds is 4. The number of nitrogens with zero attached hydrogens (tertiary/aromatic N) is 2. The Morgan fingerprint density at radius 1 is 1.26 bits per heavy atom. The molecule has 2 atom stereocenters. The molecule has 1 fully saturated rings. The van der Waals surface area contributed by atoms with Crippen LogP contribution in [0.4, 0.5) is 0 Å². The van der Waals surface area contributed by atoms with Gasteiger partial charge in [0.1, 0.15) is 0 Å². The second-order valence-corrected chi connectivity index (χ2v) is 6.43. The first kappa shape index (κ1) is 15.6. The lowest BCUT2D eigenvalue weighted by atomic mass is 10.0. The van der Waals surface area contributed by atoms with Crippen molar-refractivity contribution in [3.05, 3.63) is 58.8 Å². The van der Waals surface area contributed by atoms with Crippen molar-refractivity contribution in [3.63, 3.8) is 0 Å². The van der Waals surface area contributed by atoms with E-state index < -0.39 is 0 Å². The Kier molecular flexibility index (Phi) is 4.65. The number of aryl methyl sites for hydroxylation is 2. The van der Waals surface area contributed by atoms with E-state index in [4.69, 9.17) is 5.41 Å².